The number of carbonyl (C=O) groups is 1. The van der Waals surface area contributed by atoms with Crippen LogP contribution in [0.1, 0.15) is 38.7 Å². The fourth-order valence-corrected chi connectivity index (χ4v) is 4.85. The Labute approximate surface area is 161 Å². The van der Waals surface area contributed by atoms with E-state index >= 15 is 0 Å². The monoisotopic (exact) mass is 394 g/mol. The predicted octanol–water partition coefficient (Wildman–Crippen LogP) is 4.17. The number of halogens is 1. The van der Waals surface area contributed by atoms with Gasteiger partial charge in [0.2, 0.25) is 11.0 Å². The summed E-state index contributed by atoms with van der Waals surface area (Å²) in [5, 5.41) is 12.1. The van der Waals surface area contributed by atoms with Crippen LogP contribution in [0.2, 0.25) is 0 Å². The largest absolute Gasteiger partial charge is 0.356 e. The molecule has 3 rings (SSSR count). The lowest BCUT2D eigenvalue weighted by molar-refractivity contribution is -0.134. The molecule has 0 aliphatic carbocycles. The second kappa shape index (κ2) is 8.81. The van der Waals surface area contributed by atoms with Crippen LogP contribution in [0.3, 0.4) is 0 Å². The molecule has 2 aromatic rings. The first-order valence-corrected chi connectivity index (χ1v) is 10.6. The third-order valence-electron chi connectivity index (χ3n) is 4.56. The Kier molecular flexibility index (Phi) is 6.48. The lowest BCUT2D eigenvalue weighted by Gasteiger charge is -2.39. The summed E-state index contributed by atoms with van der Waals surface area (Å²) in [6.07, 6.45) is 3.35. The van der Waals surface area contributed by atoms with Gasteiger partial charge in [-0.3, -0.25) is 4.79 Å². The number of aromatic nitrogens is 2. The topological polar surface area (TPSA) is 58.1 Å². The van der Waals surface area contributed by atoms with E-state index < -0.39 is 0 Å². The highest BCUT2D eigenvalue weighted by atomic mass is 32.2. The molecule has 1 aliphatic rings. The smallest absolute Gasteiger partial charge is 0.233 e. The van der Waals surface area contributed by atoms with Gasteiger partial charge in [-0.2, -0.15) is 0 Å². The number of likely N-dealkylation sites (tertiary alicyclic amines) is 1. The molecule has 0 saturated carbocycles. The van der Waals surface area contributed by atoms with Gasteiger partial charge in [-0.05, 0) is 50.8 Å². The van der Waals surface area contributed by atoms with E-state index in [-0.39, 0.29) is 11.7 Å². The van der Waals surface area contributed by atoms with Gasteiger partial charge in [-0.1, -0.05) is 35.2 Å². The highest BCUT2D eigenvalue weighted by molar-refractivity contribution is 8.01. The number of benzene rings is 1. The molecule has 2 atom stereocenters. The Bertz CT molecular complexity index is 727. The number of rotatable bonds is 6. The molecule has 2 unspecified atom stereocenters. The van der Waals surface area contributed by atoms with Crippen molar-refractivity contribution in [3.8, 4) is 0 Å². The van der Waals surface area contributed by atoms with Crippen molar-refractivity contribution in [1.82, 2.24) is 15.1 Å². The average molecular weight is 395 g/mol. The summed E-state index contributed by atoms with van der Waals surface area (Å²) in [5.74, 6) is 0.317. The maximum absolute atomic E-state index is 12.9. The Hall–Kier alpha value is -1.67. The summed E-state index contributed by atoms with van der Waals surface area (Å²) in [6.45, 7) is 4.81. The Morgan fingerprint density at radius 2 is 1.96 bits per heavy atom. The fourth-order valence-electron chi connectivity index (χ4n) is 3.23. The number of piperidine rings is 1. The van der Waals surface area contributed by atoms with E-state index in [9.17, 15) is 9.18 Å². The molecular formula is C18H23FN4OS2. The third kappa shape index (κ3) is 4.94. The second-order valence-electron chi connectivity index (χ2n) is 6.57. The first-order chi connectivity index (χ1) is 12.5. The van der Waals surface area contributed by atoms with Crippen LogP contribution in [0.5, 0.6) is 0 Å². The van der Waals surface area contributed by atoms with Crippen LogP contribution in [0, 0.1) is 5.82 Å². The Balaban J connectivity index is 1.48. The van der Waals surface area contributed by atoms with Crippen molar-refractivity contribution in [2.24, 2.45) is 0 Å². The zero-order valence-corrected chi connectivity index (χ0v) is 16.6. The quantitative estimate of drug-likeness (QED) is 0.745. The van der Waals surface area contributed by atoms with E-state index in [4.69, 9.17) is 0 Å². The number of hydrogen-bond donors (Lipinski definition) is 1. The van der Waals surface area contributed by atoms with Crippen LogP contribution in [0.15, 0.2) is 28.6 Å². The number of carbonyl (C=O) groups excluding carboxylic acids is 1. The molecule has 1 aromatic carbocycles. The maximum Gasteiger partial charge on any atom is 0.233 e. The Morgan fingerprint density at radius 1 is 1.27 bits per heavy atom. The van der Waals surface area contributed by atoms with Gasteiger partial charge in [0.25, 0.3) is 0 Å². The van der Waals surface area contributed by atoms with Crippen LogP contribution >= 0.6 is 23.1 Å². The fraction of sp³-hybridized carbons (Fsp3) is 0.500. The first-order valence-electron chi connectivity index (χ1n) is 8.78. The molecule has 140 valence electrons. The summed E-state index contributed by atoms with van der Waals surface area (Å²) in [6, 6.07) is 6.97. The molecule has 1 fully saturated rings. The zero-order valence-electron chi connectivity index (χ0n) is 14.9. The van der Waals surface area contributed by atoms with Gasteiger partial charge >= 0.3 is 0 Å². The number of anilines is 1. The normalized spacial score (nSPS) is 20.2. The van der Waals surface area contributed by atoms with Crippen LogP contribution in [-0.2, 0) is 11.3 Å². The van der Waals surface area contributed by atoms with Gasteiger partial charge in [0.1, 0.15) is 5.82 Å². The van der Waals surface area contributed by atoms with E-state index in [0.29, 0.717) is 29.5 Å². The first kappa shape index (κ1) is 19.1. The van der Waals surface area contributed by atoms with Crippen molar-refractivity contribution in [3.05, 3.63) is 35.6 Å². The highest BCUT2D eigenvalue weighted by Crippen LogP contribution is 2.28. The number of hydrogen-bond acceptors (Lipinski definition) is 6. The number of nitrogens with one attached hydrogen (secondary N) is 1. The minimum Gasteiger partial charge on any atom is -0.356 e. The molecule has 0 bridgehead atoms. The molecule has 26 heavy (non-hydrogen) atoms. The molecule has 8 heteroatoms. The van der Waals surface area contributed by atoms with Gasteiger partial charge in [0.15, 0.2) is 4.34 Å². The minimum absolute atomic E-state index is 0.172. The summed E-state index contributed by atoms with van der Waals surface area (Å²) in [5.41, 5.74) is 0.971. The highest BCUT2D eigenvalue weighted by Gasteiger charge is 2.28. The minimum atomic E-state index is -0.245. The van der Waals surface area contributed by atoms with Crippen LogP contribution in [-0.4, -0.2) is 38.8 Å². The molecule has 1 aliphatic heterocycles. The number of thioether (sulfide) groups is 1. The van der Waals surface area contributed by atoms with E-state index in [1.807, 2.05) is 4.90 Å². The molecule has 0 radical (unpaired) electrons. The van der Waals surface area contributed by atoms with Crippen molar-refractivity contribution >= 4 is 34.1 Å². The summed E-state index contributed by atoms with van der Waals surface area (Å²) < 4.78 is 13.7. The van der Waals surface area contributed by atoms with Crippen LogP contribution in [0.4, 0.5) is 9.52 Å². The SMILES string of the molecule is CC1CCCC(C)N1C(=O)CSc1nnc(NCc2ccc(F)cc2)s1. The van der Waals surface area contributed by atoms with Gasteiger partial charge in [0.05, 0.1) is 5.75 Å². The molecule has 1 aromatic heterocycles. The summed E-state index contributed by atoms with van der Waals surface area (Å²) in [4.78, 5) is 14.6. The van der Waals surface area contributed by atoms with Gasteiger partial charge in [-0.25, -0.2) is 4.39 Å². The standard InChI is InChI=1S/C18H23FN4OS2/c1-12-4-3-5-13(2)23(12)16(24)11-25-18-22-21-17(26-18)20-10-14-6-8-15(19)9-7-14/h6-9,12-13H,3-5,10-11H2,1-2H3,(H,20,21). The zero-order chi connectivity index (χ0) is 18.5. The van der Waals surface area contributed by atoms with Crippen molar-refractivity contribution in [2.45, 2.75) is 56.1 Å². The lowest BCUT2D eigenvalue weighted by atomic mass is 9.98. The molecular weight excluding hydrogens is 371 g/mol. The van der Waals surface area contributed by atoms with E-state index in [1.165, 1.54) is 41.7 Å². The van der Waals surface area contributed by atoms with Gasteiger partial charge < -0.3 is 10.2 Å². The van der Waals surface area contributed by atoms with Crippen LogP contribution < -0.4 is 5.32 Å². The number of nitrogens with zero attached hydrogens (tertiary/aromatic N) is 3. The molecule has 2 heterocycles. The molecule has 5 nitrogen and oxygen atoms in total. The van der Waals surface area contributed by atoms with Gasteiger partial charge in [0, 0.05) is 18.6 Å². The average Bonchev–Trinajstić information content (AvgIpc) is 3.07. The maximum atomic E-state index is 12.9. The van der Waals surface area contributed by atoms with Crippen molar-refractivity contribution in [1.29, 1.82) is 0 Å². The molecule has 1 N–H and O–H groups in total. The van der Waals surface area contributed by atoms with E-state index in [0.717, 1.165) is 22.7 Å². The predicted molar refractivity (Wildman–Crippen MR) is 104 cm³/mol. The Morgan fingerprint density at radius 3 is 2.65 bits per heavy atom. The van der Waals surface area contributed by atoms with E-state index in [2.05, 4.69) is 29.4 Å². The third-order valence-corrected chi connectivity index (χ3v) is 6.56. The lowest BCUT2D eigenvalue weighted by Crippen LogP contribution is -2.48. The molecule has 1 saturated heterocycles. The molecule has 1 amide bonds. The molecule has 0 spiro atoms. The summed E-state index contributed by atoms with van der Waals surface area (Å²) >= 11 is 2.87. The number of amides is 1. The second-order valence-corrected chi connectivity index (χ2v) is 8.77. The van der Waals surface area contributed by atoms with Gasteiger partial charge in [-0.15, -0.1) is 10.2 Å². The summed E-state index contributed by atoms with van der Waals surface area (Å²) in [7, 11) is 0. The van der Waals surface area contributed by atoms with E-state index in [1.54, 1.807) is 12.1 Å². The van der Waals surface area contributed by atoms with Crippen LogP contribution in [0.25, 0.3) is 0 Å². The van der Waals surface area contributed by atoms with Crippen molar-refractivity contribution in [3.63, 3.8) is 0 Å². The van der Waals surface area contributed by atoms with Crippen molar-refractivity contribution < 1.29 is 9.18 Å². The van der Waals surface area contributed by atoms with Crippen molar-refractivity contribution in [2.75, 3.05) is 11.1 Å².